The molecule has 2 bridgehead atoms. The molecule has 8 atom stereocenters. The zero-order chi connectivity index (χ0) is 17.9. The average molecular weight is 356 g/mol. The molecular formula is C21H24O5. The summed E-state index contributed by atoms with van der Waals surface area (Å²) in [5.74, 6) is 0.652. The highest BCUT2D eigenvalue weighted by molar-refractivity contribution is 5.85. The van der Waals surface area contributed by atoms with E-state index in [4.69, 9.17) is 18.9 Å². The minimum Gasteiger partial charge on any atom is -0.356 e. The molecule has 0 spiro atoms. The summed E-state index contributed by atoms with van der Waals surface area (Å²) >= 11 is 0. The van der Waals surface area contributed by atoms with Gasteiger partial charge in [0.2, 0.25) is 0 Å². The van der Waals surface area contributed by atoms with Gasteiger partial charge in [0.05, 0.1) is 12.0 Å². The summed E-state index contributed by atoms with van der Waals surface area (Å²) < 4.78 is 24.3. The predicted octanol–water partition coefficient (Wildman–Crippen LogP) is 2.87. The van der Waals surface area contributed by atoms with Gasteiger partial charge in [0.15, 0.2) is 12.6 Å². The fourth-order valence-electron chi connectivity index (χ4n) is 5.78. The highest BCUT2D eigenvalue weighted by atomic mass is 16.7. The maximum absolute atomic E-state index is 13.1. The molecule has 1 saturated carbocycles. The second kappa shape index (κ2) is 5.99. The van der Waals surface area contributed by atoms with Gasteiger partial charge < -0.3 is 18.9 Å². The van der Waals surface area contributed by atoms with Gasteiger partial charge >= 0.3 is 0 Å². The van der Waals surface area contributed by atoms with Gasteiger partial charge in [-0.25, -0.2) is 0 Å². The van der Waals surface area contributed by atoms with Gasteiger partial charge in [0.1, 0.15) is 18.0 Å². The maximum Gasteiger partial charge on any atom is 0.184 e. The van der Waals surface area contributed by atoms with E-state index in [9.17, 15) is 4.79 Å². The predicted molar refractivity (Wildman–Crippen MR) is 93.0 cm³/mol. The Balaban J connectivity index is 1.56. The molecular weight excluding hydrogens is 332 g/mol. The molecule has 0 aromatic heterocycles. The Morgan fingerprint density at radius 3 is 2.73 bits per heavy atom. The van der Waals surface area contributed by atoms with Gasteiger partial charge in [0, 0.05) is 18.6 Å². The van der Waals surface area contributed by atoms with Crippen LogP contribution < -0.4 is 0 Å². The van der Waals surface area contributed by atoms with Crippen LogP contribution in [0.1, 0.15) is 25.2 Å². The summed E-state index contributed by atoms with van der Waals surface area (Å²) in [6.07, 6.45) is 3.90. The highest BCUT2D eigenvalue weighted by Crippen LogP contribution is 2.64. The molecule has 3 fully saturated rings. The molecule has 0 radical (unpaired) electrons. The molecule has 5 rings (SSSR count). The van der Waals surface area contributed by atoms with E-state index < -0.39 is 18.0 Å². The molecule has 2 aliphatic carbocycles. The average Bonchev–Trinajstić information content (AvgIpc) is 3.28. The van der Waals surface area contributed by atoms with Crippen molar-refractivity contribution in [2.24, 2.45) is 23.2 Å². The van der Waals surface area contributed by atoms with Crippen molar-refractivity contribution >= 4 is 5.78 Å². The van der Waals surface area contributed by atoms with E-state index in [-0.39, 0.29) is 29.8 Å². The number of ether oxygens (including phenoxy) is 4. The number of rotatable bonds is 3. The Morgan fingerprint density at radius 2 is 2.00 bits per heavy atom. The summed E-state index contributed by atoms with van der Waals surface area (Å²) in [4.78, 5) is 13.1. The first-order valence-electron chi connectivity index (χ1n) is 9.36. The van der Waals surface area contributed by atoms with Crippen LogP contribution in [0.4, 0.5) is 0 Å². The van der Waals surface area contributed by atoms with Gasteiger partial charge in [0.25, 0.3) is 0 Å². The smallest absolute Gasteiger partial charge is 0.184 e. The lowest BCUT2D eigenvalue weighted by Crippen LogP contribution is -2.66. The first-order chi connectivity index (χ1) is 12.7. The molecule has 5 heteroatoms. The van der Waals surface area contributed by atoms with Crippen LogP contribution in [-0.4, -0.2) is 38.0 Å². The Labute approximate surface area is 153 Å². The number of fused-ring (bicyclic) bond motifs is 7. The standard InChI is InChI=1S/C21H24O5/c1-12(22)21-15-9-8-14(10-15)17(21)20(23-2)25-16-11-24-19(26-18(16)21)13-6-4-3-5-7-13/h3-9,14-20H,10-11H2,1-2H3/t14-,15+,16?,17?,18?,19+,20-,21?/m0/s1. The van der Waals surface area contributed by atoms with Gasteiger partial charge in [-0.1, -0.05) is 42.5 Å². The lowest BCUT2D eigenvalue weighted by atomic mass is 9.59. The van der Waals surface area contributed by atoms with Gasteiger partial charge in [-0.2, -0.15) is 0 Å². The summed E-state index contributed by atoms with van der Waals surface area (Å²) in [6, 6.07) is 9.89. The van der Waals surface area contributed by atoms with Crippen molar-refractivity contribution in [3.05, 3.63) is 48.0 Å². The second-order valence-corrected chi connectivity index (χ2v) is 7.82. The number of hydrogen-bond acceptors (Lipinski definition) is 5. The molecule has 138 valence electrons. The van der Waals surface area contributed by atoms with E-state index in [0.717, 1.165) is 12.0 Å². The number of benzene rings is 1. The van der Waals surface area contributed by atoms with Crippen LogP contribution in [0.3, 0.4) is 0 Å². The van der Waals surface area contributed by atoms with Gasteiger partial charge in [-0.3, -0.25) is 4.79 Å². The normalized spacial score (nSPS) is 46.0. The number of allylic oxidation sites excluding steroid dienone is 2. The van der Waals surface area contributed by atoms with Crippen molar-refractivity contribution in [3.63, 3.8) is 0 Å². The first kappa shape index (κ1) is 16.6. The molecule has 2 aliphatic heterocycles. The molecule has 26 heavy (non-hydrogen) atoms. The quantitative estimate of drug-likeness (QED) is 0.780. The fourth-order valence-corrected chi connectivity index (χ4v) is 5.78. The van der Waals surface area contributed by atoms with Crippen LogP contribution in [-0.2, 0) is 23.7 Å². The zero-order valence-corrected chi connectivity index (χ0v) is 15.0. The van der Waals surface area contributed by atoms with Gasteiger partial charge in [-0.05, 0) is 25.2 Å². The number of carbonyl (C=O) groups is 1. The topological polar surface area (TPSA) is 54.0 Å². The van der Waals surface area contributed by atoms with Crippen molar-refractivity contribution in [1.29, 1.82) is 0 Å². The number of Topliss-reactive ketones (excluding diaryl/α,β-unsaturated/α-hetero) is 1. The van der Waals surface area contributed by atoms with Crippen LogP contribution >= 0.6 is 0 Å². The molecule has 1 aromatic carbocycles. The summed E-state index contributed by atoms with van der Waals surface area (Å²) in [5, 5.41) is 0. The third-order valence-electron chi connectivity index (χ3n) is 6.75. The van der Waals surface area contributed by atoms with Crippen LogP contribution in [0.25, 0.3) is 0 Å². The van der Waals surface area contributed by atoms with E-state index in [0.29, 0.717) is 12.5 Å². The van der Waals surface area contributed by atoms with E-state index in [1.807, 2.05) is 30.3 Å². The third-order valence-corrected chi connectivity index (χ3v) is 6.75. The van der Waals surface area contributed by atoms with Crippen molar-refractivity contribution < 1.29 is 23.7 Å². The van der Waals surface area contributed by atoms with Crippen molar-refractivity contribution in [1.82, 2.24) is 0 Å². The summed E-state index contributed by atoms with van der Waals surface area (Å²) in [5.41, 5.74) is 0.369. The molecule has 2 saturated heterocycles. The monoisotopic (exact) mass is 356 g/mol. The van der Waals surface area contributed by atoms with E-state index in [1.54, 1.807) is 14.0 Å². The third kappa shape index (κ3) is 2.09. The summed E-state index contributed by atoms with van der Waals surface area (Å²) in [6.45, 7) is 2.10. The maximum atomic E-state index is 13.1. The minimum atomic E-state index is -0.597. The molecule has 4 unspecified atom stereocenters. The number of ketones is 1. The molecule has 5 nitrogen and oxygen atoms in total. The van der Waals surface area contributed by atoms with E-state index in [1.165, 1.54) is 0 Å². The van der Waals surface area contributed by atoms with Crippen LogP contribution in [0.5, 0.6) is 0 Å². The summed E-state index contributed by atoms with van der Waals surface area (Å²) in [7, 11) is 1.66. The lowest BCUT2D eigenvalue weighted by Gasteiger charge is -2.56. The van der Waals surface area contributed by atoms with Crippen molar-refractivity contribution in [3.8, 4) is 0 Å². The largest absolute Gasteiger partial charge is 0.356 e. The number of carbonyl (C=O) groups excluding carboxylic acids is 1. The Kier molecular flexibility index (Phi) is 3.83. The van der Waals surface area contributed by atoms with Gasteiger partial charge in [-0.15, -0.1) is 0 Å². The Bertz CT molecular complexity index is 731. The Hall–Kier alpha value is -1.53. The van der Waals surface area contributed by atoms with Crippen LogP contribution in [0.2, 0.25) is 0 Å². The zero-order valence-electron chi connectivity index (χ0n) is 15.0. The number of methoxy groups -OCH3 is 1. The minimum absolute atomic E-state index is 0.00391. The fraction of sp³-hybridized carbons (Fsp3) is 0.571. The number of hydrogen-bond donors (Lipinski definition) is 0. The Morgan fingerprint density at radius 1 is 1.19 bits per heavy atom. The molecule has 2 heterocycles. The van der Waals surface area contributed by atoms with E-state index in [2.05, 4.69) is 12.2 Å². The van der Waals surface area contributed by atoms with Crippen molar-refractivity contribution in [2.75, 3.05) is 13.7 Å². The van der Waals surface area contributed by atoms with Crippen LogP contribution in [0, 0.1) is 23.2 Å². The SMILES string of the molecule is CO[C@H]1OC2CO[C@@H](c3ccccc3)OC2C2(C(C)=O)C1[C@H]1C=C[C@@H]2C1. The van der Waals surface area contributed by atoms with E-state index >= 15 is 0 Å². The molecule has 1 aromatic rings. The second-order valence-electron chi connectivity index (χ2n) is 7.82. The first-order valence-corrected chi connectivity index (χ1v) is 9.36. The molecule has 0 amide bonds. The van der Waals surface area contributed by atoms with Crippen molar-refractivity contribution in [2.45, 2.75) is 38.1 Å². The molecule has 4 aliphatic rings. The van der Waals surface area contributed by atoms with Crippen LogP contribution in [0.15, 0.2) is 42.5 Å². The molecule has 0 N–H and O–H groups in total. The highest BCUT2D eigenvalue weighted by Gasteiger charge is 2.70. The lowest BCUT2D eigenvalue weighted by molar-refractivity contribution is -0.358.